The summed E-state index contributed by atoms with van der Waals surface area (Å²) >= 11 is 1.60. The molecule has 1 aliphatic rings. The fraction of sp³-hybridized carbons (Fsp3) is 0.308. The zero-order valence-electron chi connectivity index (χ0n) is 19.1. The van der Waals surface area contributed by atoms with Crippen LogP contribution in [0.15, 0.2) is 60.1 Å². The van der Waals surface area contributed by atoms with Crippen LogP contribution in [-0.2, 0) is 17.8 Å². The number of H-pyrrole nitrogens is 1. The molecule has 0 spiro atoms. The fourth-order valence-electron chi connectivity index (χ4n) is 4.34. The largest absolute Gasteiger partial charge is 0.361 e. The molecule has 1 fully saturated rings. The summed E-state index contributed by atoms with van der Waals surface area (Å²) in [5, 5.41) is 4.03. The van der Waals surface area contributed by atoms with E-state index in [4.69, 9.17) is 10.7 Å². The normalized spacial score (nSPS) is 14.3. The minimum absolute atomic E-state index is 0.221. The number of carbonyl (C=O) groups is 1. The molecule has 4 aromatic rings. The predicted octanol–water partition coefficient (Wildman–Crippen LogP) is 4.86. The van der Waals surface area contributed by atoms with Crippen molar-refractivity contribution in [3.05, 3.63) is 77.2 Å². The van der Waals surface area contributed by atoms with Crippen LogP contribution >= 0.6 is 11.3 Å². The van der Waals surface area contributed by atoms with Crippen LogP contribution in [0.25, 0.3) is 10.9 Å². The Hall–Kier alpha value is -3.23. The Balaban J connectivity index is 1.38. The topological polar surface area (TPSA) is 78.2 Å². The fourth-order valence-corrected chi connectivity index (χ4v) is 5.29. The monoisotopic (exact) mass is 477 g/mol. The molecule has 2 aromatic heterocycles. The quantitative estimate of drug-likeness (QED) is 0.361. The lowest BCUT2D eigenvalue weighted by Gasteiger charge is -2.25. The van der Waals surface area contributed by atoms with Gasteiger partial charge in [-0.3, -0.25) is 4.79 Å². The number of hydrogen-bond donors (Lipinski definition) is 2. The van der Waals surface area contributed by atoms with Gasteiger partial charge in [0.25, 0.3) is 0 Å². The van der Waals surface area contributed by atoms with Crippen LogP contribution < -0.4 is 15.5 Å². The third-order valence-electron chi connectivity index (χ3n) is 6.27. The van der Waals surface area contributed by atoms with Crippen molar-refractivity contribution in [1.29, 1.82) is 0 Å². The van der Waals surface area contributed by atoms with Gasteiger partial charge in [-0.1, -0.05) is 18.2 Å². The number of amides is 1. The van der Waals surface area contributed by atoms with E-state index in [0.717, 1.165) is 33.8 Å². The number of hydrogen-bond acceptors (Lipinski definition) is 5. The average Bonchev–Trinajstić information content (AvgIpc) is 3.44. The van der Waals surface area contributed by atoms with E-state index in [-0.39, 0.29) is 18.3 Å². The lowest BCUT2D eigenvalue weighted by atomic mass is 10.0. The lowest BCUT2D eigenvalue weighted by Crippen LogP contribution is -2.45. The zero-order valence-corrected chi connectivity index (χ0v) is 19.9. The highest BCUT2D eigenvalue weighted by molar-refractivity contribution is 7.13. The number of fused-ring (bicyclic) bond motifs is 1. The summed E-state index contributed by atoms with van der Waals surface area (Å²) in [6, 6.07) is 13.7. The van der Waals surface area contributed by atoms with Gasteiger partial charge in [-0.05, 0) is 62.1 Å². The number of rotatable bonds is 9. The molecule has 8 heteroatoms. The van der Waals surface area contributed by atoms with Gasteiger partial charge in [0.1, 0.15) is 5.82 Å². The highest BCUT2D eigenvalue weighted by Crippen LogP contribution is 2.33. The second kappa shape index (κ2) is 9.56. The second-order valence-corrected chi connectivity index (χ2v) is 9.55. The molecule has 34 heavy (non-hydrogen) atoms. The number of aromatic amines is 1. The summed E-state index contributed by atoms with van der Waals surface area (Å²) in [7, 11) is 0. The van der Waals surface area contributed by atoms with E-state index < -0.39 is 6.04 Å². The maximum absolute atomic E-state index is 13.6. The van der Waals surface area contributed by atoms with E-state index in [0.29, 0.717) is 18.2 Å². The van der Waals surface area contributed by atoms with Crippen LogP contribution in [0.4, 0.5) is 15.2 Å². The summed E-state index contributed by atoms with van der Waals surface area (Å²) in [5.74, 6) is -0.570. The van der Waals surface area contributed by atoms with Crippen molar-refractivity contribution in [1.82, 2.24) is 9.97 Å². The minimum Gasteiger partial charge on any atom is -0.361 e. The molecule has 2 aromatic carbocycles. The summed E-state index contributed by atoms with van der Waals surface area (Å²) in [4.78, 5) is 25.6. The van der Waals surface area contributed by atoms with E-state index in [2.05, 4.69) is 16.8 Å². The number of aromatic nitrogens is 2. The van der Waals surface area contributed by atoms with E-state index in [1.165, 1.54) is 25.0 Å². The first-order valence-electron chi connectivity index (χ1n) is 11.6. The Morgan fingerprint density at radius 3 is 2.74 bits per heavy atom. The number of nitrogens with two attached hydrogens (primary N) is 1. The summed E-state index contributed by atoms with van der Waals surface area (Å²) < 4.78 is 13.6. The molecule has 1 amide bonds. The van der Waals surface area contributed by atoms with Crippen LogP contribution in [0, 0.1) is 5.82 Å². The first kappa shape index (κ1) is 22.6. The molecule has 0 bridgehead atoms. The van der Waals surface area contributed by atoms with Gasteiger partial charge in [0.2, 0.25) is 5.91 Å². The predicted molar refractivity (Wildman–Crippen MR) is 136 cm³/mol. The van der Waals surface area contributed by atoms with Gasteiger partial charge in [0.15, 0.2) is 5.13 Å². The van der Waals surface area contributed by atoms with Crippen LogP contribution in [0.3, 0.4) is 0 Å². The van der Waals surface area contributed by atoms with Crippen LogP contribution in [0.1, 0.15) is 31.0 Å². The van der Waals surface area contributed by atoms with E-state index in [9.17, 15) is 9.18 Å². The van der Waals surface area contributed by atoms with Crippen molar-refractivity contribution in [2.45, 2.75) is 44.8 Å². The number of nitrogens with one attached hydrogen (secondary N) is 1. The van der Waals surface area contributed by atoms with Crippen molar-refractivity contribution in [3.63, 3.8) is 0 Å². The first-order valence-corrected chi connectivity index (χ1v) is 12.5. The molecule has 2 heterocycles. The number of para-hydroxylation sites is 1. The van der Waals surface area contributed by atoms with Crippen LogP contribution in [0.2, 0.25) is 0 Å². The Morgan fingerprint density at radius 2 is 2.00 bits per heavy atom. The van der Waals surface area contributed by atoms with Crippen molar-refractivity contribution in [2.24, 2.45) is 5.73 Å². The van der Waals surface area contributed by atoms with Gasteiger partial charge in [0, 0.05) is 40.8 Å². The van der Waals surface area contributed by atoms with E-state index in [1.54, 1.807) is 28.4 Å². The van der Waals surface area contributed by atoms with Crippen molar-refractivity contribution >= 4 is 39.0 Å². The van der Waals surface area contributed by atoms with Gasteiger partial charge in [0.05, 0.1) is 18.3 Å². The molecular formula is C26H28FN5OS. The molecule has 0 unspecified atom stereocenters. The minimum atomic E-state index is -0.749. The maximum Gasteiger partial charge on any atom is 0.244 e. The smallest absolute Gasteiger partial charge is 0.244 e. The Morgan fingerprint density at radius 1 is 1.24 bits per heavy atom. The highest BCUT2D eigenvalue weighted by atomic mass is 32.1. The van der Waals surface area contributed by atoms with E-state index in [1.807, 2.05) is 35.8 Å². The summed E-state index contributed by atoms with van der Waals surface area (Å²) in [5.41, 5.74) is 9.85. The van der Waals surface area contributed by atoms with E-state index >= 15 is 0 Å². The zero-order chi connectivity index (χ0) is 23.7. The molecule has 5 rings (SSSR count). The van der Waals surface area contributed by atoms with Crippen molar-refractivity contribution in [3.8, 4) is 0 Å². The molecular weight excluding hydrogens is 449 g/mol. The SMILES string of the molecule is CCN(c1nc(CN(C(=O)[C@H](N)Cc2c[nH]c3ccccc23)c2ccc(F)cc2)cs1)C1CC1. The summed E-state index contributed by atoms with van der Waals surface area (Å²) in [6.45, 7) is 3.33. The van der Waals surface area contributed by atoms with Crippen molar-refractivity contribution in [2.75, 3.05) is 16.3 Å². The number of nitrogens with zero attached hydrogens (tertiary/aromatic N) is 3. The highest BCUT2D eigenvalue weighted by Gasteiger charge is 2.30. The molecule has 0 aliphatic heterocycles. The Bertz CT molecular complexity index is 1280. The first-order chi connectivity index (χ1) is 16.5. The van der Waals surface area contributed by atoms with Gasteiger partial charge in [-0.15, -0.1) is 11.3 Å². The molecule has 0 saturated heterocycles. The van der Waals surface area contributed by atoms with Crippen molar-refractivity contribution < 1.29 is 9.18 Å². The van der Waals surface area contributed by atoms with Crippen LogP contribution in [0.5, 0.6) is 0 Å². The number of carbonyl (C=O) groups excluding carboxylic acids is 1. The number of thiazole rings is 1. The van der Waals surface area contributed by atoms with Crippen LogP contribution in [-0.4, -0.2) is 34.5 Å². The third-order valence-corrected chi connectivity index (χ3v) is 7.20. The Labute approximate surface area is 202 Å². The third kappa shape index (κ3) is 4.69. The molecule has 3 N–H and O–H groups in total. The molecule has 6 nitrogen and oxygen atoms in total. The van der Waals surface area contributed by atoms with Gasteiger partial charge in [-0.25, -0.2) is 9.37 Å². The summed E-state index contributed by atoms with van der Waals surface area (Å²) in [6.07, 6.45) is 4.70. The molecule has 176 valence electrons. The molecule has 1 saturated carbocycles. The second-order valence-electron chi connectivity index (χ2n) is 8.71. The number of benzene rings is 2. The molecule has 1 aliphatic carbocycles. The van der Waals surface area contributed by atoms with Gasteiger partial charge >= 0.3 is 0 Å². The number of halogens is 1. The number of anilines is 2. The van der Waals surface area contributed by atoms with Gasteiger partial charge < -0.3 is 20.5 Å². The lowest BCUT2D eigenvalue weighted by molar-refractivity contribution is -0.120. The van der Waals surface area contributed by atoms with Gasteiger partial charge in [-0.2, -0.15) is 0 Å². The Kier molecular flexibility index (Phi) is 6.34. The average molecular weight is 478 g/mol. The molecule has 1 atom stereocenters. The maximum atomic E-state index is 13.6. The molecule has 0 radical (unpaired) electrons. The standard InChI is InChI=1S/C26H28FN5OS/c1-2-31(20-11-12-20)26-30-19(16-34-26)15-32(21-9-7-18(27)8-10-21)25(33)23(28)13-17-14-29-24-6-4-3-5-22(17)24/h3-10,14,16,20,23,29H,2,11-13,15,28H2,1H3/t23-/m1/s1.